The fourth-order valence-electron chi connectivity index (χ4n) is 3.06. The molecule has 2 heterocycles. The zero-order valence-corrected chi connectivity index (χ0v) is 16.2. The van der Waals surface area contributed by atoms with Crippen molar-refractivity contribution in [1.82, 2.24) is 20.0 Å². The van der Waals surface area contributed by atoms with Crippen LogP contribution in [0.15, 0.2) is 34.9 Å². The van der Waals surface area contributed by atoms with E-state index in [1.54, 1.807) is 6.20 Å². The smallest absolute Gasteiger partial charge is 0.257 e. The van der Waals surface area contributed by atoms with Crippen molar-refractivity contribution in [3.05, 3.63) is 46.2 Å². The van der Waals surface area contributed by atoms with Crippen molar-refractivity contribution in [1.29, 1.82) is 0 Å². The van der Waals surface area contributed by atoms with Gasteiger partial charge >= 0.3 is 0 Å². The number of likely N-dealkylation sites (N-methyl/N-ethyl adjacent to an activating group) is 1. The lowest BCUT2D eigenvalue weighted by atomic mass is 10.0. The number of rotatable bonds is 3. The van der Waals surface area contributed by atoms with E-state index in [4.69, 9.17) is 0 Å². The van der Waals surface area contributed by atoms with E-state index in [0.717, 1.165) is 41.8 Å². The Labute approximate surface area is 157 Å². The summed E-state index contributed by atoms with van der Waals surface area (Å²) < 4.78 is 2.81. The van der Waals surface area contributed by atoms with Gasteiger partial charge in [-0.3, -0.25) is 4.79 Å². The van der Waals surface area contributed by atoms with E-state index >= 15 is 0 Å². The van der Waals surface area contributed by atoms with Gasteiger partial charge in [0.25, 0.3) is 5.91 Å². The summed E-state index contributed by atoms with van der Waals surface area (Å²) in [4.78, 5) is 14.8. The van der Waals surface area contributed by atoms with Crippen LogP contribution in [0.25, 0.3) is 5.69 Å². The van der Waals surface area contributed by atoms with Gasteiger partial charge in [0.05, 0.1) is 23.1 Å². The van der Waals surface area contributed by atoms with Gasteiger partial charge in [-0.25, -0.2) is 4.68 Å². The fraction of sp³-hybridized carbons (Fsp3) is 0.412. The van der Waals surface area contributed by atoms with Gasteiger partial charge in [0, 0.05) is 23.6 Å². The molecule has 130 valence electrons. The molecule has 1 N–H and O–H groups in total. The molecule has 1 amide bonds. The lowest BCUT2D eigenvalue weighted by Gasteiger charge is -2.32. The normalized spacial score (nSPS) is 17.5. The van der Waals surface area contributed by atoms with E-state index in [-0.39, 0.29) is 18.3 Å². The number of amides is 1. The number of nitrogens with zero attached hydrogens (tertiary/aromatic N) is 3. The number of hydrogen-bond acceptors (Lipinski definition) is 3. The fourth-order valence-corrected chi connectivity index (χ4v) is 3.44. The van der Waals surface area contributed by atoms with E-state index in [1.165, 1.54) is 0 Å². The minimum absolute atomic E-state index is 0. The molecule has 3 rings (SSSR count). The Kier molecular flexibility index (Phi) is 6.43. The molecule has 0 radical (unpaired) electrons. The Balaban J connectivity index is 0.00000208. The second kappa shape index (κ2) is 8.14. The topological polar surface area (TPSA) is 50.2 Å². The van der Waals surface area contributed by atoms with Crippen molar-refractivity contribution in [2.75, 3.05) is 20.1 Å². The van der Waals surface area contributed by atoms with E-state index in [2.05, 4.69) is 26.3 Å². The van der Waals surface area contributed by atoms with E-state index in [9.17, 15) is 4.79 Å². The Hall–Kier alpha value is -1.37. The molecule has 1 aromatic heterocycles. The first-order valence-electron chi connectivity index (χ1n) is 7.87. The summed E-state index contributed by atoms with van der Waals surface area (Å²) in [5, 5.41) is 7.69. The standard InChI is InChI=1S/C17H21BrN4O.ClH/c1-12-16(17(23)21-8-4-6-14(11-21)19-2)10-20-22(12)15-7-3-5-13(18)9-15;/h3,5,7,9-10,14,19H,4,6,8,11H2,1-2H3;1H. The van der Waals surface area contributed by atoms with Gasteiger partial charge in [-0.2, -0.15) is 5.10 Å². The average Bonchev–Trinajstić information content (AvgIpc) is 2.96. The SMILES string of the molecule is CNC1CCCN(C(=O)c2cnn(-c3cccc(Br)c3)c2C)C1.Cl. The minimum Gasteiger partial charge on any atom is -0.337 e. The van der Waals surface area contributed by atoms with Crippen molar-refractivity contribution in [2.24, 2.45) is 0 Å². The molecule has 1 aliphatic rings. The van der Waals surface area contributed by atoms with Crippen molar-refractivity contribution < 1.29 is 4.79 Å². The highest BCUT2D eigenvalue weighted by Gasteiger charge is 2.26. The molecule has 1 saturated heterocycles. The maximum atomic E-state index is 12.8. The molecule has 1 unspecified atom stereocenters. The first-order chi connectivity index (χ1) is 11.1. The molecule has 1 fully saturated rings. The lowest BCUT2D eigenvalue weighted by molar-refractivity contribution is 0.0697. The molecular weight excluding hydrogens is 392 g/mol. The zero-order chi connectivity index (χ0) is 16.4. The molecule has 1 aromatic carbocycles. The second-order valence-corrected chi connectivity index (χ2v) is 6.83. The highest BCUT2D eigenvalue weighted by molar-refractivity contribution is 9.10. The maximum absolute atomic E-state index is 12.8. The van der Waals surface area contributed by atoms with Gasteiger partial charge < -0.3 is 10.2 Å². The number of piperidine rings is 1. The van der Waals surface area contributed by atoms with Crippen LogP contribution in [0, 0.1) is 6.92 Å². The average molecular weight is 414 g/mol. The van der Waals surface area contributed by atoms with Gasteiger partial charge in [-0.15, -0.1) is 12.4 Å². The number of hydrogen-bond donors (Lipinski definition) is 1. The number of carbonyl (C=O) groups excluding carboxylic acids is 1. The Morgan fingerprint density at radius 2 is 2.21 bits per heavy atom. The van der Waals surface area contributed by atoms with Crippen LogP contribution in [0.1, 0.15) is 28.9 Å². The highest BCUT2D eigenvalue weighted by Crippen LogP contribution is 2.20. The third kappa shape index (κ3) is 3.82. The van der Waals surface area contributed by atoms with Crippen LogP contribution in [0.3, 0.4) is 0 Å². The number of benzene rings is 1. The van der Waals surface area contributed by atoms with E-state index in [1.807, 2.05) is 47.8 Å². The summed E-state index contributed by atoms with van der Waals surface area (Å²) in [6, 6.07) is 8.29. The quantitative estimate of drug-likeness (QED) is 0.841. The monoisotopic (exact) mass is 412 g/mol. The Bertz CT molecular complexity index is 718. The molecule has 0 aliphatic carbocycles. The van der Waals surface area contributed by atoms with Crippen molar-refractivity contribution in [2.45, 2.75) is 25.8 Å². The van der Waals surface area contributed by atoms with Crippen LogP contribution in [-0.4, -0.2) is 46.8 Å². The maximum Gasteiger partial charge on any atom is 0.257 e. The molecule has 5 nitrogen and oxygen atoms in total. The van der Waals surface area contributed by atoms with Crippen molar-refractivity contribution in [3.8, 4) is 5.69 Å². The van der Waals surface area contributed by atoms with E-state index in [0.29, 0.717) is 11.6 Å². The number of aromatic nitrogens is 2. The third-order valence-corrected chi connectivity index (χ3v) is 4.90. The molecule has 7 heteroatoms. The zero-order valence-electron chi connectivity index (χ0n) is 13.8. The van der Waals surface area contributed by atoms with Crippen LogP contribution in [-0.2, 0) is 0 Å². The first kappa shape index (κ1) is 19.0. The van der Waals surface area contributed by atoms with Gasteiger partial charge in [0.15, 0.2) is 0 Å². The van der Waals surface area contributed by atoms with Crippen LogP contribution >= 0.6 is 28.3 Å². The van der Waals surface area contributed by atoms with E-state index < -0.39 is 0 Å². The molecular formula is C17H22BrClN4O. The predicted octanol–water partition coefficient (Wildman–Crippen LogP) is 3.19. The number of likely N-dealkylation sites (tertiary alicyclic amines) is 1. The van der Waals surface area contributed by atoms with Crippen LogP contribution in [0.2, 0.25) is 0 Å². The molecule has 0 saturated carbocycles. The van der Waals surface area contributed by atoms with Gasteiger partial charge in [0.2, 0.25) is 0 Å². The molecule has 2 aromatic rings. The van der Waals surface area contributed by atoms with Crippen LogP contribution < -0.4 is 5.32 Å². The number of halogens is 2. The molecule has 1 atom stereocenters. The summed E-state index contributed by atoms with van der Waals surface area (Å²) in [6.07, 6.45) is 3.84. The van der Waals surface area contributed by atoms with Crippen molar-refractivity contribution in [3.63, 3.8) is 0 Å². The Morgan fingerprint density at radius 1 is 1.42 bits per heavy atom. The second-order valence-electron chi connectivity index (χ2n) is 5.91. The van der Waals surface area contributed by atoms with Gasteiger partial charge in [-0.1, -0.05) is 22.0 Å². The molecule has 1 aliphatic heterocycles. The summed E-state index contributed by atoms with van der Waals surface area (Å²) in [6.45, 7) is 3.52. The third-order valence-electron chi connectivity index (χ3n) is 4.41. The molecule has 24 heavy (non-hydrogen) atoms. The Morgan fingerprint density at radius 3 is 2.92 bits per heavy atom. The van der Waals surface area contributed by atoms with Gasteiger partial charge in [0.1, 0.15) is 0 Å². The van der Waals surface area contributed by atoms with Gasteiger partial charge in [-0.05, 0) is 45.0 Å². The van der Waals surface area contributed by atoms with Crippen LogP contribution in [0.4, 0.5) is 0 Å². The number of carbonyl (C=O) groups is 1. The van der Waals surface area contributed by atoms with Crippen molar-refractivity contribution >= 4 is 34.2 Å². The minimum atomic E-state index is 0. The summed E-state index contributed by atoms with van der Waals surface area (Å²) in [7, 11) is 1.95. The summed E-state index contributed by atoms with van der Waals surface area (Å²) in [5.41, 5.74) is 2.50. The van der Waals surface area contributed by atoms with Crippen LogP contribution in [0.5, 0.6) is 0 Å². The number of nitrogens with one attached hydrogen (secondary N) is 1. The summed E-state index contributed by atoms with van der Waals surface area (Å²) in [5.74, 6) is 0.0729. The predicted molar refractivity (Wildman–Crippen MR) is 101 cm³/mol. The first-order valence-corrected chi connectivity index (χ1v) is 8.66. The molecule has 0 spiro atoms. The molecule has 0 bridgehead atoms. The summed E-state index contributed by atoms with van der Waals surface area (Å²) >= 11 is 3.47. The highest BCUT2D eigenvalue weighted by atomic mass is 79.9. The largest absolute Gasteiger partial charge is 0.337 e. The lowest BCUT2D eigenvalue weighted by Crippen LogP contribution is -2.47.